The number of aromatic nitrogens is 2. The predicted molar refractivity (Wildman–Crippen MR) is 162 cm³/mol. The van der Waals surface area contributed by atoms with Crippen molar-refractivity contribution in [3.8, 4) is 0 Å². The predicted octanol–water partition coefficient (Wildman–Crippen LogP) is 5.63. The second-order valence-electron chi connectivity index (χ2n) is 9.52. The van der Waals surface area contributed by atoms with Crippen molar-refractivity contribution in [2.75, 3.05) is 38.6 Å². The van der Waals surface area contributed by atoms with E-state index in [1.807, 2.05) is 12.3 Å². The van der Waals surface area contributed by atoms with E-state index in [4.69, 9.17) is 9.98 Å². The second-order valence-corrected chi connectivity index (χ2v) is 12.0. The quantitative estimate of drug-likeness (QED) is 0.297. The molecule has 2 aromatic rings. The highest BCUT2D eigenvalue weighted by Crippen LogP contribution is 2.25. The van der Waals surface area contributed by atoms with Crippen molar-refractivity contribution in [3.05, 3.63) is 77.8 Å². The molecule has 198 valence electrons. The third-order valence-electron chi connectivity index (χ3n) is 6.82. The lowest BCUT2D eigenvalue weighted by Crippen LogP contribution is -2.35. The summed E-state index contributed by atoms with van der Waals surface area (Å²) in [6, 6.07) is 4.23. The molecular weight excluding hydrogens is 500 g/mol. The Balaban J connectivity index is 1.51. The molecule has 0 bridgehead atoms. The number of thioether (sulfide) groups is 1. The maximum atomic E-state index is 13.0. The lowest BCUT2D eigenvalue weighted by atomic mass is 10.1. The molecule has 1 N–H and O–H groups in total. The number of fused-ring (bicyclic) bond motifs is 1. The van der Waals surface area contributed by atoms with Crippen molar-refractivity contribution in [1.82, 2.24) is 19.6 Å². The van der Waals surface area contributed by atoms with Crippen molar-refractivity contribution in [1.29, 1.82) is 0 Å². The van der Waals surface area contributed by atoms with Gasteiger partial charge in [0.15, 0.2) is 0 Å². The molecule has 2 aromatic heterocycles. The van der Waals surface area contributed by atoms with Crippen molar-refractivity contribution >= 4 is 38.4 Å². The molecule has 3 atom stereocenters. The first-order chi connectivity index (χ1) is 18.1. The van der Waals surface area contributed by atoms with E-state index in [1.54, 1.807) is 11.8 Å². The molecule has 5 nitrogen and oxygen atoms in total. The Morgan fingerprint density at radius 1 is 1.35 bits per heavy atom. The highest BCUT2D eigenvalue weighted by molar-refractivity contribution is 8.03. The van der Waals surface area contributed by atoms with Gasteiger partial charge in [0.05, 0.1) is 5.69 Å². The number of hydrogen-bond donors (Lipinski definition) is 1. The molecule has 8 heteroatoms. The minimum absolute atomic E-state index is 0.0635. The van der Waals surface area contributed by atoms with Crippen LogP contribution in [0.1, 0.15) is 36.2 Å². The molecule has 1 fully saturated rings. The van der Waals surface area contributed by atoms with Crippen LogP contribution in [0.25, 0.3) is 11.2 Å². The Labute approximate surface area is 227 Å². The highest BCUT2D eigenvalue weighted by Gasteiger charge is 2.17. The van der Waals surface area contributed by atoms with Gasteiger partial charge in [0.1, 0.15) is 18.5 Å². The molecule has 0 amide bonds. The first-order valence-corrected chi connectivity index (χ1v) is 14.9. The average Bonchev–Trinajstić information content (AvgIpc) is 3.15. The van der Waals surface area contributed by atoms with Crippen LogP contribution in [-0.2, 0) is 6.42 Å². The monoisotopic (exact) mass is 539 g/mol. The van der Waals surface area contributed by atoms with E-state index in [9.17, 15) is 4.39 Å². The Morgan fingerprint density at radius 3 is 3.08 bits per heavy atom. The summed E-state index contributed by atoms with van der Waals surface area (Å²) in [6.45, 7) is 9.76. The first-order valence-electron chi connectivity index (χ1n) is 13.2. The highest BCUT2D eigenvalue weighted by atomic mass is 32.2. The normalized spacial score (nSPS) is 20.0. The number of allylic oxidation sites excluding steroid dienone is 5. The van der Waals surface area contributed by atoms with Gasteiger partial charge >= 0.3 is 0 Å². The molecule has 2 aliphatic heterocycles. The second kappa shape index (κ2) is 14.2. The summed E-state index contributed by atoms with van der Waals surface area (Å²) in [5, 5.41) is 3.47. The molecule has 2 aliphatic rings. The van der Waals surface area contributed by atoms with Gasteiger partial charge in [0.25, 0.3) is 0 Å². The number of pyridine rings is 1. The summed E-state index contributed by atoms with van der Waals surface area (Å²) in [7, 11) is 2.59. The molecule has 0 radical (unpaired) electrons. The molecule has 1 saturated heterocycles. The van der Waals surface area contributed by atoms with Gasteiger partial charge in [0, 0.05) is 54.1 Å². The van der Waals surface area contributed by atoms with Gasteiger partial charge in [-0.25, -0.2) is 9.37 Å². The Kier molecular flexibility index (Phi) is 10.7. The van der Waals surface area contributed by atoms with Gasteiger partial charge in [0.2, 0.25) is 0 Å². The summed E-state index contributed by atoms with van der Waals surface area (Å²) in [5.41, 5.74) is 6.79. The molecule has 4 rings (SSSR count). The molecule has 3 unspecified atom stereocenters. The van der Waals surface area contributed by atoms with Gasteiger partial charge in [-0.05, 0) is 62.9 Å². The lowest BCUT2D eigenvalue weighted by Gasteiger charge is -2.24. The largest absolute Gasteiger partial charge is 0.315 e. The van der Waals surface area contributed by atoms with Gasteiger partial charge in [-0.3, -0.25) is 9.89 Å². The zero-order valence-electron chi connectivity index (χ0n) is 21.8. The summed E-state index contributed by atoms with van der Waals surface area (Å²) in [5.74, 6) is 0.830. The van der Waals surface area contributed by atoms with E-state index in [0.29, 0.717) is 0 Å². The van der Waals surface area contributed by atoms with Crippen molar-refractivity contribution < 1.29 is 4.39 Å². The minimum atomic E-state index is -0.330. The number of alkyl halides is 1. The first kappa shape index (κ1) is 28.0. The fourth-order valence-electron chi connectivity index (χ4n) is 4.73. The van der Waals surface area contributed by atoms with Crippen LogP contribution in [0.4, 0.5) is 4.39 Å². The smallest absolute Gasteiger partial charge is 0.137 e. The molecule has 0 aromatic carbocycles. The Morgan fingerprint density at radius 2 is 2.24 bits per heavy atom. The van der Waals surface area contributed by atoms with Crippen LogP contribution < -0.4 is 5.32 Å². The SMILES string of the molecule is C=CC/C=C(/CCc1c(C)nc2ccc(C3=CC=CC(N4CCCNCC4)N=C3)cn12)CSC(P)CF. The number of rotatable bonds is 11. The number of imidazole rings is 1. The number of nitrogens with zero attached hydrogens (tertiary/aromatic N) is 4. The van der Waals surface area contributed by atoms with Crippen LogP contribution in [0.2, 0.25) is 0 Å². The summed E-state index contributed by atoms with van der Waals surface area (Å²) in [6.07, 6.45) is 18.7. The van der Waals surface area contributed by atoms with E-state index in [0.717, 1.165) is 80.1 Å². The number of aliphatic imine (C=N–C) groups is 1. The van der Waals surface area contributed by atoms with E-state index in [2.05, 4.69) is 80.0 Å². The number of nitrogens with one attached hydrogen (secondary N) is 1. The maximum absolute atomic E-state index is 13.0. The molecule has 0 aliphatic carbocycles. The van der Waals surface area contributed by atoms with Crippen LogP contribution in [0.15, 0.2) is 65.9 Å². The van der Waals surface area contributed by atoms with E-state index in [1.165, 1.54) is 11.3 Å². The Hall–Kier alpha value is -2.05. The van der Waals surface area contributed by atoms with Crippen molar-refractivity contribution in [2.45, 2.75) is 43.8 Å². The summed E-state index contributed by atoms with van der Waals surface area (Å²) < 4.78 is 15.2. The van der Waals surface area contributed by atoms with Crippen LogP contribution in [0.5, 0.6) is 0 Å². The third kappa shape index (κ3) is 7.73. The molecule has 0 spiro atoms. The third-order valence-corrected chi connectivity index (χ3v) is 8.66. The Bertz CT molecular complexity index is 1180. The minimum Gasteiger partial charge on any atom is -0.315 e. The van der Waals surface area contributed by atoms with Crippen molar-refractivity contribution in [2.24, 2.45) is 4.99 Å². The average molecular weight is 540 g/mol. The number of hydrogen-bond acceptors (Lipinski definition) is 5. The van der Waals surface area contributed by atoms with Gasteiger partial charge in [-0.1, -0.05) is 29.9 Å². The number of aryl methyl sites for hydroxylation is 2. The zero-order valence-corrected chi connectivity index (χ0v) is 23.8. The van der Waals surface area contributed by atoms with Crippen LogP contribution in [-0.4, -0.2) is 70.3 Å². The van der Waals surface area contributed by atoms with Gasteiger partial charge in [-0.2, -0.15) is 0 Å². The fourth-order valence-corrected chi connectivity index (χ4v) is 5.80. The molecular formula is C29H39FN5PS. The van der Waals surface area contributed by atoms with E-state index >= 15 is 0 Å². The summed E-state index contributed by atoms with van der Waals surface area (Å²) >= 11 is 1.64. The van der Waals surface area contributed by atoms with Gasteiger partial charge in [-0.15, -0.1) is 27.6 Å². The number of halogens is 1. The fraction of sp³-hybridized carbons (Fsp3) is 0.448. The van der Waals surface area contributed by atoms with Crippen molar-refractivity contribution in [3.63, 3.8) is 0 Å². The van der Waals surface area contributed by atoms with Crippen LogP contribution in [0, 0.1) is 6.92 Å². The molecule has 4 heterocycles. The molecule has 37 heavy (non-hydrogen) atoms. The van der Waals surface area contributed by atoms with E-state index in [-0.39, 0.29) is 17.8 Å². The zero-order chi connectivity index (χ0) is 26.0. The maximum Gasteiger partial charge on any atom is 0.137 e. The summed E-state index contributed by atoms with van der Waals surface area (Å²) in [4.78, 5) is 12.1. The van der Waals surface area contributed by atoms with Crippen LogP contribution >= 0.6 is 21.0 Å². The topological polar surface area (TPSA) is 44.9 Å². The lowest BCUT2D eigenvalue weighted by molar-refractivity contribution is 0.251. The van der Waals surface area contributed by atoms with E-state index < -0.39 is 0 Å². The van der Waals surface area contributed by atoms with Crippen LogP contribution in [0.3, 0.4) is 0 Å². The molecule has 0 saturated carbocycles. The standard InChI is InChI=1S/C29H39FN5PS/c1-3-4-7-23(21-37-29(36)18-30)10-12-26-22(2)33-28-13-11-25(20-35(26)28)24-8-5-9-27(32-19-24)34-16-6-14-31-15-17-34/h3,5,7-9,11,13,19-20,27,29,31H,1,4,6,10,12,14-18,21,36H2,2H3/b23-7-. The van der Waals surface area contributed by atoms with Gasteiger partial charge < -0.3 is 9.72 Å².